The zero-order chi connectivity index (χ0) is 14.2. The first-order valence-electron chi connectivity index (χ1n) is 5.23. The van der Waals surface area contributed by atoms with E-state index in [1.807, 2.05) is 13.0 Å². The summed E-state index contributed by atoms with van der Waals surface area (Å²) in [7, 11) is 0. The Morgan fingerprint density at radius 2 is 1.84 bits per heavy atom. The summed E-state index contributed by atoms with van der Waals surface area (Å²) in [5, 5.41) is 10.0. The van der Waals surface area contributed by atoms with Gasteiger partial charge >= 0.3 is 0 Å². The van der Waals surface area contributed by atoms with Crippen LogP contribution in [0.25, 0.3) is 11.3 Å². The maximum Gasteiger partial charge on any atom is 0.222 e. The fourth-order valence-corrected chi connectivity index (χ4v) is 2.11. The maximum absolute atomic E-state index is 9.15. The summed E-state index contributed by atoms with van der Waals surface area (Å²) in [6.07, 6.45) is 0. The average molecular weight is 294 g/mol. The molecule has 0 aliphatic heterocycles. The Balaban J connectivity index is 2.79. The summed E-state index contributed by atoms with van der Waals surface area (Å²) >= 11 is 12.1. The Hall–Kier alpha value is -2.03. The van der Waals surface area contributed by atoms with Crippen LogP contribution in [-0.2, 0) is 0 Å². The molecule has 0 saturated heterocycles. The number of rotatable bonds is 1. The summed E-state index contributed by atoms with van der Waals surface area (Å²) < 4.78 is 0. The lowest BCUT2D eigenvalue weighted by Crippen LogP contribution is -2.05. The third kappa shape index (κ3) is 2.41. The van der Waals surface area contributed by atoms with Crippen LogP contribution in [-0.4, -0.2) is 9.97 Å². The van der Waals surface area contributed by atoms with Gasteiger partial charge in [-0.15, -0.1) is 0 Å². The van der Waals surface area contributed by atoms with Crippen molar-refractivity contribution in [1.82, 2.24) is 9.97 Å². The number of nitrogens with two attached hydrogens (primary N) is 2. The van der Waals surface area contributed by atoms with Gasteiger partial charge in [-0.05, 0) is 24.6 Å². The molecule has 96 valence electrons. The molecular formula is C12H9Cl2N5. The third-order valence-corrected chi connectivity index (χ3v) is 3.29. The predicted octanol–water partition coefficient (Wildman–Crippen LogP) is 2.79. The summed E-state index contributed by atoms with van der Waals surface area (Å²) in [5.41, 5.74) is 13.0. The minimum Gasteiger partial charge on any atom is -0.382 e. The number of nitriles is 1. The van der Waals surface area contributed by atoms with Crippen molar-refractivity contribution in [3.8, 4) is 17.3 Å². The van der Waals surface area contributed by atoms with Crippen LogP contribution in [0.1, 0.15) is 11.1 Å². The van der Waals surface area contributed by atoms with Gasteiger partial charge in [0, 0.05) is 10.6 Å². The van der Waals surface area contributed by atoms with E-state index in [0.29, 0.717) is 21.3 Å². The van der Waals surface area contributed by atoms with Crippen LogP contribution >= 0.6 is 23.2 Å². The maximum atomic E-state index is 9.15. The molecule has 0 unspecified atom stereocenters. The first kappa shape index (κ1) is 13.4. The van der Waals surface area contributed by atoms with Gasteiger partial charge in [0.15, 0.2) is 0 Å². The molecule has 2 rings (SSSR count). The molecule has 1 aromatic heterocycles. The topological polar surface area (TPSA) is 102 Å². The monoisotopic (exact) mass is 293 g/mol. The standard InChI is InChI=1S/C12H9Cl2N5/c1-5-2-6(9(14)3-8(5)13)10-7(4-15)11(16)19-12(17)18-10/h2-3H,1H3,(H4,16,17,18,19). The normalized spacial score (nSPS) is 10.2. The molecule has 0 spiro atoms. The Kier molecular flexibility index (Phi) is 3.47. The number of aryl methyl sites for hydroxylation is 1. The zero-order valence-corrected chi connectivity index (χ0v) is 11.4. The summed E-state index contributed by atoms with van der Waals surface area (Å²) in [5.74, 6) is 0.00356. The van der Waals surface area contributed by atoms with Crippen LogP contribution in [0.15, 0.2) is 12.1 Å². The van der Waals surface area contributed by atoms with Gasteiger partial charge in [-0.25, -0.2) is 4.98 Å². The van der Waals surface area contributed by atoms with Crippen LogP contribution in [0.4, 0.5) is 11.8 Å². The molecule has 1 heterocycles. The number of hydrogen-bond donors (Lipinski definition) is 2. The molecule has 0 aliphatic rings. The van der Waals surface area contributed by atoms with E-state index in [0.717, 1.165) is 5.56 Å². The van der Waals surface area contributed by atoms with Crippen molar-refractivity contribution in [3.05, 3.63) is 33.3 Å². The van der Waals surface area contributed by atoms with Gasteiger partial charge in [0.05, 0.1) is 10.7 Å². The fraction of sp³-hybridized carbons (Fsp3) is 0.0833. The van der Waals surface area contributed by atoms with E-state index in [4.69, 9.17) is 39.9 Å². The van der Waals surface area contributed by atoms with Crippen LogP contribution in [0.5, 0.6) is 0 Å². The highest BCUT2D eigenvalue weighted by atomic mass is 35.5. The molecule has 4 N–H and O–H groups in total. The second-order valence-electron chi connectivity index (χ2n) is 3.88. The molecule has 0 saturated carbocycles. The number of anilines is 2. The fourth-order valence-electron chi connectivity index (χ4n) is 1.64. The van der Waals surface area contributed by atoms with Crippen molar-refractivity contribution in [1.29, 1.82) is 5.26 Å². The first-order valence-corrected chi connectivity index (χ1v) is 5.98. The summed E-state index contributed by atoms with van der Waals surface area (Å²) in [6, 6.07) is 5.27. The second-order valence-corrected chi connectivity index (χ2v) is 4.70. The highest BCUT2D eigenvalue weighted by molar-refractivity contribution is 6.36. The molecule has 19 heavy (non-hydrogen) atoms. The smallest absolute Gasteiger partial charge is 0.222 e. The van der Waals surface area contributed by atoms with Gasteiger partial charge < -0.3 is 11.5 Å². The second kappa shape index (κ2) is 4.92. The number of benzene rings is 1. The average Bonchev–Trinajstić information content (AvgIpc) is 2.33. The Labute approximate surface area is 119 Å². The van der Waals surface area contributed by atoms with E-state index in [1.54, 1.807) is 12.1 Å². The van der Waals surface area contributed by atoms with Crippen molar-refractivity contribution in [3.63, 3.8) is 0 Å². The van der Waals surface area contributed by atoms with Crippen LogP contribution in [0.2, 0.25) is 10.0 Å². The molecule has 0 aliphatic carbocycles. The van der Waals surface area contributed by atoms with Gasteiger partial charge in [0.1, 0.15) is 17.5 Å². The third-order valence-electron chi connectivity index (χ3n) is 2.57. The molecule has 0 radical (unpaired) electrons. The summed E-state index contributed by atoms with van der Waals surface area (Å²) in [6.45, 7) is 1.82. The van der Waals surface area contributed by atoms with Crippen LogP contribution in [0.3, 0.4) is 0 Å². The lowest BCUT2D eigenvalue weighted by Gasteiger charge is -2.10. The zero-order valence-electron chi connectivity index (χ0n) is 9.91. The molecule has 7 heteroatoms. The number of hydrogen-bond acceptors (Lipinski definition) is 5. The number of nitrogens with zero attached hydrogens (tertiary/aromatic N) is 3. The Morgan fingerprint density at radius 1 is 1.16 bits per heavy atom. The lowest BCUT2D eigenvalue weighted by molar-refractivity contribution is 1.18. The minimum atomic E-state index is -0.0184. The first-order chi connectivity index (χ1) is 8.93. The Morgan fingerprint density at radius 3 is 2.47 bits per heavy atom. The van der Waals surface area contributed by atoms with E-state index in [9.17, 15) is 0 Å². The minimum absolute atomic E-state index is 0.0184. The van der Waals surface area contributed by atoms with Crippen molar-refractivity contribution >= 4 is 35.0 Å². The highest BCUT2D eigenvalue weighted by Gasteiger charge is 2.16. The van der Waals surface area contributed by atoms with Gasteiger partial charge in [-0.3, -0.25) is 0 Å². The van der Waals surface area contributed by atoms with Gasteiger partial charge in [-0.1, -0.05) is 23.2 Å². The van der Waals surface area contributed by atoms with E-state index >= 15 is 0 Å². The van der Waals surface area contributed by atoms with Crippen LogP contribution < -0.4 is 11.5 Å². The van der Waals surface area contributed by atoms with Crippen LogP contribution in [0, 0.1) is 18.3 Å². The van der Waals surface area contributed by atoms with Crippen molar-refractivity contribution in [2.75, 3.05) is 11.5 Å². The quantitative estimate of drug-likeness (QED) is 0.842. The predicted molar refractivity (Wildman–Crippen MR) is 75.8 cm³/mol. The van der Waals surface area contributed by atoms with Crippen molar-refractivity contribution < 1.29 is 0 Å². The van der Waals surface area contributed by atoms with Gasteiger partial charge in [0.2, 0.25) is 5.95 Å². The van der Waals surface area contributed by atoms with Crippen molar-refractivity contribution in [2.24, 2.45) is 0 Å². The van der Waals surface area contributed by atoms with E-state index in [1.165, 1.54) is 0 Å². The molecular weight excluding hydrogens is 285 g/mol. The van der Waals surface area contributed by atoms with E-state index in [2.05, 4.69) is 9.97 Å². The molecule has 0 bridgehead atoms. The van der Waals surface area contributed by atoms with Gasteiger partial charge in [0.25, 0.3) is 0 Å². The number of halogens is 2. The molecule has 0 atom stereocenters. The molecule has 2 aromatic rings. The van der Waals surface area contributed by atoms with Gasteiger partial charge in [-0.2, -0.15) is 10.2 Å². The SMILES string of the molecule is Cc1cc(-c2nc(N)nc(N)c2C#N)c(Cl)cc1Cl. The number of aromatic nitrogens is 2. The lowest BCUT2D eigenvalue weighted by atomic mass is 10.0. The van der Waals surface area contributed by atoms with E-state index in [-0.39, 0.29) is 17.3 Å². The molecule has 1 aromatic carbocycles. The molecule has 0 fully saturated rings. The highest BCUT2D eigenvalue weighted by Crippen LogP contribution is 2.34. The largest absolute Gasteiger partial charge is 0.382 e. The van der Waals surface area contributed by atoms with Crippen molar-refractivity contribution in [2.45, 2.75) is 6.92 Å². The molecule has 5 nitrogen and oxygen atoms in total. The molecule has 0 amide bonds. The summed E-state index contributed by atoms with van der Waals surface area (Å²) in [4.78, 5) is 7.80. The number of nitrogen functional groups attached to an aromatic ring is 2. The van der Waals surface area contributed by atoms with E-state index < -0.39 is 0 Å². The Bertz CT molecular complexity index is 706.